The van der Waals surface area contributed by atoms with Gasteiger partial charge in [0.15, 0.2) is 5.65 Å². The van der Waals surface area contributed by atoms with Crippen molar-refractivity contribution in [3.05, 3.63) is 66.7 Å². The zero-order valence-electron chi connectivity index (χ0n) is 22.4. The average molecular weight is 501 g/mol. The normalized spacial score (nSPS) is 13.3. The number of anilines is 3. The molecule has 0 radical (unpaired) electrons. The number of aromatic nitrogens is 3. The predicted molar refractivity (Wildman–Crippen MR) is 154 cm³/mol. The summed E-state index contributed by atoms with van der Waals surface area (Å²) in [4.78, 5) is 7.14. The first-order valence-corrected chi connectivity index (χ1v) is 13.7. The van der Waals surface area contributed by atoms with Crippen LogP contribution in [0.1, 0.15) is 46.5 Å². The van der Waals surface area contributed by atoms with Crippen LogP contribution in [0.4, 0.5) is 17.3 Å². The lowest BCUT2D eigenvalue weighted by atomic mass is 10.1. The smallest absolute Gasteiger partial charge is 0.247 e. The first kappa shape index (κ1) is 26.5. The summed E-state index contributed by atoms with van der Waals surface area (Å²) in [6.45, 7) is 11.3. The molecule has 0 atom stereocenters. The van der Waals surface area contributed by atoms with E-state index < -0.39 is 0 Å². The Hall–Kier alpha value is -3.58. The first-order valence-electron chi connectivity index (χ1n) is 13.7. The average Bonchev–Trinajstić information content (AvgIpc) is 3.61. The molecular formula is C30H40N6O. The molecule has 1 aliphatic heterocycles. The second-order valence-corrected chi connectivity index (χ2v) is 9.02. The maximum atomic E-state index is 5.92. The molecule has 5 rings (SSSR count). The molecule has 1 aliphatic rings. The zero-order chi connectivity index (χ0) is 25.9. The lowest BCUT2D eigenvalue weighted by molar-refractivity contribution is 0.238. The van der Waals surface area contributed by atoms with Crippen LogP contribution in [0.5, 0.6) is 5.75 Å². The van der Waals surface area contributed by atoms with Gasteiger partial charge in [-0.1, -0.05) is 45.4 Å². The number of nitrogens with one attached hydrogen (secondary N) is 2. The third-order valence-corrected chi connectivity index (χ3v) is 6.36. The van der Waals surface area contributed by atoms with E-state index in [1.54, 1.807) is 0 Å². The fraction of sp³-hybridized carbons (Fsp3) is 0.400. The van der Waals surface area contributed by atoms with Crippen LogP contribution >= 0.6 is 0 Å². The molecule has 0 bridgehead atoms. The minimum atomic E-state index is 0.567. The summed E-state index contributed by atoms with van der Waals surface area (Å²) in [5.41, 5.74) is 4.95. The van der Waals surface area contributed by atoms with Crippen LogP contribution in [0.2, 0.25) is 0 Å². The fourth-order valence-electron chi connectivity index (χ4n) is 4.44. The van der Waals surface area contributed by atoms with Gasteiger partial charge in [-0.05, 0) is 80.9 Å². The summed E-state index contributed by atoms with van der Waals surface area (Å²) in [5.74, 6) is 1.45. The van der Waals surface area contributed by atoms with Crippen LogP contribution in [0.3, 0.4) is 0 Å². The lowest BCUT2D eigenvalue weighted by Gasteiger charge is -2.15. The lowest BCUT2D eigenvalue weighted by Crippen LogP contribution is -2.25. The second-order valence-electron chi connectivity index (χ2n) is 9.02. The van der Waals surface area contributed by atoms with Gasteiger partial charge in [0.2, 0.25) is 5.95 Å². The monoisotopic (exact) mass is 500 g/mol. The van der Waals surface area contributed by atoms with Crippen LogP contribution in [0.15, 0.2) is 66.7 Å². The highest BCUT2D eigenvalue weighted by Gasteiger charge is 2.12. The number of pyridine rings is 1. The quantitative estimate of drug-likeness (QED) is 0.220. The standard InChI is InChI=1S/C28H34N6O.C2H6/c1-2-3-16-29-24-9-6-8-22(21-24)26-10-7-11-27-31-28(32-34(26)27)30-23-12-14-25(15-13-23)35-20-19-33-17-4-5-18-33;1-2/h6-15,21,29H,2-5,16-20H2,1H3,(H,30,32);1-2H3. The molecule has 4 aromatic rings. The Labute approximate surface area is 220 Å². The van der Waals surface area contributed by atoms with Crippen molar-refractivity contribution in [3.63, 3.8) is 0 Å². The van der Waals surface area contributed by atoms with E-state index in [9.17, 15) is 0 Å². The van der Waals surface area contributed by atoms with Crippen molar-refractivity contribution in [1.29, 1.82) is 0 Å². The summed E-state index contributed by atoms with van der Waals surface area (Å²) >= 11 is 0. The van der Waals surface area contributed by atoms with Crippen molar-refractivity contribution < 1.29 is 4.74 Å². The van der Waals surface area contributed by atoms with E-state index in [4.69, 9.17) is 9.84 Å². The molecule has 3 heterocycles. The maximum Gasteiger partial charge on any atom is 0.247 e. The Balaban J connectivity index is 0.00000156. The second kappa shape index (κ2) is 13.7. The topological polar surface area (TPSA) is 66.7 Å². The number of fused-ring (bicyclic) bond motifs is 1. The van der Waals surface area contributed by atoms with E-state index in [0.29, 0.717) is 5.95 Å². The molecule has 0 unspecified atom stereocenters. The van der Waals surface area contributed by atoms with Gasteiger partial charge in [0.05, 0.1) is 5.69 Å². The largest absolute Gasteiger partial charge is 0.492 e. The molecule has 2 aromatic heterocycles. The minimum absolute atomic E-state index is 0.567. The van der Waals surface area contributed by atoms with Crippen molar-refractivity contribution in [2.24, 2.45) is 0 Å². The zero-order valence-corrected chi connectivity index (χ0v) is 22.4. The number of hydrogen-bond donors (Lipinski definition) is 2. The molecule has 0 saturated carbocycles. The molecule has 1 fully saturated rings. The van der Waals surface area contributed by atoms with E-state index in [1.807, 2.05) is 54.8 Å². The number of rotatable bonds is 11. The highest BCUT2D eigenvalue weighted by atomic mass is 16.5. The number of hydrogen-bond acceptors (Lipinski definition) is 6. The maximum absolute atomic E-state index is 5.92. The third-order valence-electron chi connectivity index (χ3n) is 6.36. The molecule has 7 nitrogen and oxygen atoms in total. The van der Waals surface area contributed by atoms with Gasteiger partial charge in [0, 0.05) is 30.0 Å². The van der Waals surface area contributed by atoms with Gasteiger partial charge in [-0.2, -0.15) is 4.98 Å². The fourth-order valence-corrected chi connectivity index (χ4v) is 4.44. The number of unbranched alkanes of at least 4 members (excludes halogenated alkanes) is 1. The van der Waals surface area contributed by atoms with Gasteiger partial charge < -0.3 is 15.4 Å². The number of benzene rings is 2. The van der Waals surface area contributed by atoms with Crippen molar-refractivity contribution in [1.82, 2.24) is 19.5 Å². The van der Waals surface area contributed by atoms with E-state index in [-0.39, 0.29) is 0 Å². The Morgan fingerprint density at radius 3 is 2.49 bits per heavy atom. The molecule has 37 heavy (non-hydrogen) atoms. The van der Waals surface area contributed by atoms with Crippen molar-refractivity contribution in [2.45, 2.75) is 46.5 Å². The van der Waals surface area contributed by atoms with Gasteiger partial charge in [0.1, 0.15) is 12.4 Å². The van der Waals surface area contributed by atoms with Crippen LogP contribution in [-0.2, 0) is 0 Å². The molecule has 1 saturated heterocycles. The summed E-state index contributed by atoms with van der Waals surface area (Å²) in [7, 11) is 0. The Kier molecular flexibility index (Phi) is 9.77. The summed E-state index contributed by atoms with van der Waals surface area (Å²) in [6, 6.07) is 22.5. The molecular weight excluding hydrogens is 460 g/mol. The SMILES string of the molecule is CC.CCCCNc1cccc(-c2cccc3nc(Nc4ccc(OCCN5CCCC5)cc4)nn23)c1. The molecule has 0 spiro atoms. The molecule has 196 valence electrons. The van der Waals surface area contributed by atoms with Gasteiger partial charge in [-0.25, -0.2) is 4.52 Å². The molecule has 2 N–H and O–H groups in total. The molecule has 0 amide bonds. The minimum Gasteiger partial charge on any atom is -0.492 e. The van der Waals surface area contributed by atoms with Crippen LogP contribution in [0, 0.1) is 0 Å². The summed E-state index contributed by atoms with van der Waals surface area (Å²) in [6.07, 6.45) is 4.95. The van der Waals surface area contributed by atoms with E-state index >= 15 is 0 Å². The molecule has 0 aliphatic carbocycles. The Morgan fingerprint density at radius 2 is 1.70 bits per heavy atom. The number of nitrogens with zero attached hydrogens (tertiary/aromatic N) is 4. The van der Waals surface area contributed by atoms with Gasteiger partial charge in [-0.3, -0.25) is 4.90 Å². The third kappa shape index (κ3) is 7.23. The number of ether oxygens (including phenoxy) is 1. The van der Waals surface area contributed by atoms with E-state index in [2.05, 4.69) is 57.8 Å². The van der Waals surface area contributed by atoms with Crippen LogP contribution in [0.25, 0.3) is 16.9 Å². The highest BCUT2D eigenvalue weighted by Crippen LogP contribution is 2.25. The van der Waals surface area contributed by atoms with Gasteiger partial charge in [0.25, 0.3) is 0 Å². The Bertz CT molecular complexity index is 1230. The summed E-state index contributed by atoms with van der Waals surface area (Å²) < 4.78 is 7.81. The first-order chi connectivity index (χ1) is 18.3. The van der Waals surface area contributed by atoms with Crippen molar-refractivity contribution >= 4 is 23.0 Å². The van der Waals surface area contributed by atoms with Gasteiger partial charge in [-0.15, -0.1) is 5.10 Å². The number of likely N-dealkylation sites (tertiary alicyclic amines) is 1. The molecule has 2 aromatic carbocycles. The highest BCUT2D eigenvalue weighted by molar-refractivity contribution is 5.68. The van der Waals surface area contributed by atoms with Crippen molar-refractivity contribution in [3.8, 4) is 17.0 Å². The van der Waals surface area contributed by atoms with Crippen LogP contribution in [-0.4, -0.2) is 52.3 Å². The predicted octanol–water partition coefficient (Wildman–Crippen LogP) is 6.85. The van der Waals surface area contributed by atoms with E-state index in [1.165, 1.54) is 32.4 Å². The van der Waals surface area contributed by atoms with Crippen LogP contribution < -0.4 is 15.4 Å². The van der Waals surface area contributed by atoms with E-state index in [0.717, 1.165) is 60.1 Å². The molecule has 7 heteroatoms. The van der Waals surface area contributed by atoms with Gasteiger partial charge >= 0.3 is 0 Å². The summed E-state index contributed by atoms with van der Waals surface area (Å²) in [5, 5.41) is 11.6. The van der Waals surface area contributed by atoms with Crippen molar-refractivity contribution in [2.75, 3.05) is 43.4 Å². The Morgan fingerprint density at radius 1 is 0.919 bits per heavy atom.